The minimum atomic E-state index is -0.803. The molecule has 0 amide bonds. The summed E-state index contributed by atoms with van der Waals surface area (Å²) in [7, 11) is 1.30. The molecule has 0 aromatic heterocycles. The average molecular weight is 444 g/mol. The van der Waals surface area contributed by atoms with Gasteiger partial charge in [-0.25, -0.2) is 10.8 Å². The Balaban J connectivity index is 2.35. The fraction of sp³-hybridized carbons (Fsp3) is 0.222. The lowest BCUT2D eigenvalue weighted by molar-refractivity contribution is -0.395. The van der Waals surface area contributed by atoms with Gasteiger partial charge >= 0.3 is 23.6 Å². The fourth-order valence-corrected chi connectivity index (χ4v) is 2.98. The van der Waals surface area contributed by atoms with Crippen LogP contribution in [0.2, 0.25) is 0 Å². The topological polar surface area (TPSA) is 145 Å². The van der Waals surface area contributed by atoms with Gasteiger partial charge in [0.1, 0.15) is 6.54 Å². The SMILES string of the molecule is [C-]#[N+]Sc1cc(N=Nc2ccc(N(CC)CC(=O)OC)cc2)c([N+](=O)[O-])cc1[N+](=O)[O-]. The van der Waals surface area contributed by atoms with E-state index in [9.17, 15) is 25.0 Å². The van der Waals surface area contributed by atoms with Crippen molar-refractivity contribution in [1.82, 2.24) is 0 Å². The summed E-state index contributed by atoms with van der Waals surface area (Å²) < 4.78 is 7.69. The maximum Gasteiger partial charge on any atom is 0.325 e. The molecule has 0 atom stereocenters. The third kappa shape index (κ3) is 5.97. The molecule has 0 unspecified atom stereocenters. The van der Waals surface area contributed by atoms with E-state index in [0.717, 1.165) is 17.8 Å². The van der Waals surface area contributed by atoms with Gasteiger partial charge in [0, 0.05) is 18.3 Å². The van der Waals surface area contributed by atoms with Crippen molar-refractivity contribution >= 4 is 46.4 Å². The van der Waals surface area contributed by atoms with Gasteiger partial charge < -0.3 is 9.64 Å². The van der Waals surface area contributed by atoms with Crippen molar-refractivity contribution in [2.24, 2.45) is 10.2 Å². The Bertz CT molecular complexity index is 1070. The van der Waals surface area contributed by atoms with Crippen LogP contribution in [0, 0.1) is 26.8 Å². The van der Waals surface area contributed by atoms with E-state index in [2.05, 4.69) is 19.2 Å². The number of ether oxygens (including phenoxy) is 1. The van der Waals surface area contributed by atoms with Crippen molar-refractivity contribution in [1.29, 1.82) is 0 Å². The molecule has 0 aliphatic rings. The standard InChI is InChI=1S/C18H16N6O6S/c1-4-22(11-18(25)30-3)13-7-5-12(6-8-13)20-21-14-9-17(31-19-2)16(24(28)29)10-15(14)23(26)27/h5-10H,4,11H2,1,3H3. The summed E-state index contributed by atoms with van der Waals surface area (Å²) in [4.78, 5) is 34.1. The molecule has 2 aromatic rings. The normalized spacial score (nSPS) is 10.5. The van der Waals surface area contributed by atoms with E-state index >= 15 is 0 Å². The van der Waals surface area contributed by atoms with Crippen LogP contribution in [0.15, 0.2) is 51.5 Å². The molecule has 2 rings (SSSR count). The lowest BCUT2D eigenvalue weighted by Gasteiger charge is -2.21. The van der Waals surface area contributed by atoms with Crippen molar-refractivity contribution in [3.63, 3.8) is 0 Å². The number of nitrogens with zero attached hydrogens (tertiary/aromatic N) is 6. The molecule has 0 fully saturated rings. The van der Waals surface area contributed by atoms with Crippen LogP contribution >= 0.6 is 11.9 Å². The minimum absolute atomic E-state index is 0.0729. The highest BCUT2D eigenvalue weighted by Gasteiger charge is 2.27. The van der Waals surface area contributed by atoms with Gasteiger partial charge in [0.05, 0.1) is 28.7 Å². The maximum absolute atomic E-state index is 11.5. The van der Waals surface area contributed by atoms with Crippen molar-refractivity contribution in [3.05, 3.63) is 67.4 Å². The van der Waals surface area contributed by atoms with Gasteiger partial charge in [-0.1, -0.05) is 0 Å². The Labute approximate surface area is 180 Å². The van der Waals surface area contributed by atoms with Crippen LogP contribution < -0.4 is 4.90 Å². The predicted octanol–water partition coefficient (Wildman–Crippen LogP) is 4.84. The number of azo groups is 1. The lowest BCUT2D eigenvalue weighted by Crippen LogP contribution is -2.30. The van der Waals surface area contributed by atoms with Gasteiger partial charge in [0.15, 0.2) is 10.6 Å². The summed E-state index contributed by atoms with van der Waals surface area (Å²) in [5.41, 5.74) is -0.265. The van der Waals surface area contributed by atoms with Gasteiger partial charge in [0.25, 0.3) is 5.69 Å². The van der Waals surface area contributed by atoms with E-state index in [1.807, 2.05) is 6.92 Å². The van der Waals surface area contributed by atoms with Crippen LogP contribution in [0.5, 0.6) is 0 Å². The number of benzene rings is 2. The van der Waals surface area contributed by atoms with Gasteiger partial charge in [-0.15, -0.1) is 5.11 Å². The molecule has 0 saturated carbocycles. The summed E-state index contributed by atoms with van der Waals surface area (Å²) in [5, 5.41) is 30.3. The number of hydrogen-bond donors (Lipinski definition) is 0. The molecule has 0 heterocycles. The van der Waals surface area contributed by atoms with Crippen LogP contribution in [0.3, 0.4) is 0 Å². The highest BCUT2D eigenvalue weighted by molar-refractivity contribution is 8.01. The molecule has 13 heteroatoms. The Hall–Kier alpha value is -4.05. The molecule has 0 bridgehead atoms. The molecule has 31 heavy (non-hydrogen) atoms. The number of carbonyl (C=O) groups is 1. The average Bonchev–Trinajstić information content (AvgIpc) is 2.76. The fourth-order valence-electron chi connectivity index (χ4n) is 2.49. The molecule has 0 saturated heterocycles. The largest absolute Gasteiger partial charge is 0.468 e. The number of rotatable bonds is 9. The zero-order chi connectivity index (χ0) is 23.0. The Morgan fingerprint density at radius 2 is 1.81 bits per heavy atom. The van der Waals surface area contributed by atoms with E-state index in [1.165, 1.54) is 7.11 Å². The summed E-state index contributed by atoms with van der Waals surface area (Å²) in [6.07, 6.45) is 0. The molecule has 0 N–H and O–H groups in total. The highest BCUT2D eigenvalue weighted by atomic mass is 32.2. The van der Waals surface area contributed by atoms with E-state index < -0.39 is 21.2 Å². The second-order valence-corrected chi connectivity index (χ2v) is 6.62. The number of anilines is 1. The zero-order valence-corrected chi connectivity index (χ0v) is 17.2. The number of nitro benzene ring substituents is 2. The molecule has 0 radical (unpaired) electrons. The molecule has 0 aliphatic carbocycles. The number of esters is 1. The van der Waals surface area contributed by atoms with Crippen molar-refractivity contribution in [2.45, 2.75) is 11.8 Å². The number of methoxy groups -OCH3 is 1. The Morgan fingerprint density at radius 1 is 1.16 bits per heavy atom. The summed E-state index contributed by atoms with van der Waals surface area (Å²) in [5.74, 6) is -0.385. The summed E-state index contributed by atoms with van der Waals surface area (Å²) in [6, 6.07) is 8.45. The quantitative estimate of drug-likeness (QED) is 0.133. The van der Waals surface area contributed by atoms with E-state index in [1.54, 1.807) is 29.2 Å². The molecule has 0 spiro atoms. The Morgan fingerprint density at radius 3 is 2.32 bits per heavy atom. The Kier molecular flexibility index (Phi) is 7.98. The maximum atomic E-state index is 11.5. The predicted molar refractivity (Wildman–Crippen MR) is 113 cm³/mol. The molecule has 2 aromatic carbocycles. The third-order valence-electron chi connectivity index (χ3n) is 4.01. The number of hydrogen-bond acceptors (Lipinski definition) is 10. The number of likely N-dealkylation sites (N-methyl/N-ethyl adjacent to an activating group) is 1. The first-order chi connectivity index (χ1) is 14.8. The van der Waals surface area contributed by atoms with Gasteiger partial charge in [-0.2, -0.15) is 5.11 Å². The molecular weight excluding hydrogens is 428 g/mol. The van der Waals surface area contributed by atoms with Crippen LogP contribution in [-0.4, -0.2) is 36.0 Å². The smallest absolute Gasteiger partial charge is 0.325 e. The summed E-state index contributed by atoms with van der Waals surface area (Å²) in [6.45, 7) is 9.41. The second kappa shape index (κ2) is 10.6. The van der Waals surface area contributed by atoms with E-state index in [4.69, 9.17) is 6.57 Å². The van der Waals surface area contributed by atoms with Crippen LogP contribution in [-0.2, 0) is 9.53 Å². The monoisotopic (exact) mass is 444 g/mol. The lowest BCUT2D eigenvalue weighted by atomic mass is 10.2. The molecule has 12 nitrogen and oxygen atoms in total. The molecular formula is C18H16N6O6S. The van der Waals surface area contributed by atoms with Gasteiger partial charge in [-0.3, -0.25) is 25.0 Å². The van der Waals surface area contributed by atoms with Crippen LogP contribution in [0.4, 0.5) is 28.4 Å². The number of carbonyl (C=O) groups excluding carboxylic acids is 1. The first-order valence-electron chi connectivity index (χ1n) is 8.64. The zero-order valence-electron chi connectivity index (χ0n) is 16.4. The first kappa shape index (κ1) is 23.2. The first-order valence-corrected chi connectivity index (χ1v) is 9.42. The molecule has 160 valence electrons. The molecule has 0 aliphatic heterocycles. The van der Waals surface area contributed by atoms with E-state index in [-0.39, 0.29) is 23.1 Å². The third-order valence-corrected chi connectivity index (χ3v) is 4.63. The van der Waals surface area contributed by atoms with Crippen LogP contribution in [0.25, 0.3) is 4.25 Å². The second-order valence-electron chi connectivity index (χ2n) is 5.81. The van der Waals surface area contributed by atoms with Gasteiger partial charge in [0.2, 0.25) is 0 Å². The van der Waals surface area contributed by atoms with Crippen molar-refractivity contribution < 1.29 is 19.4 Å². The van der Waals surface area contributed by atoms with Crippen molar-refractivity contribution in [2.75, 3.05) is 25.1 Å². The van der Waals surface area contributed by atoms with Gasteiger partial charge in [-0.05, 0) is 31.2 Å². The number of nitro groups is 2. The van der Waals surface area contributed by atoms with E-state index in [0.29, 0.717) is 24.2 Å². The summed E-state index contributed by atoms with van der Waals surface area (Å²) >= 11 is 0.483. The van der Waals surface area contributed by atoms with Crippen molar-refractivity contribution in [3.8, 4) is 0 Å². The minimum Gasteiger partial charge on any atom is -0.468 e. The van der Waals surface area contributed by atoms with Crippen LogP contribution in [0.1, 0.15) is 6.92 Å². The highest BCUT2D eigenvalue weighted by Crippen LogP contribution is 2.40.